The number of fused-ring (bicyclic) bond motifs is 1. The van der Waals surface area contributed by atoms with E-state index in [0.29, 0.717) is 19.4 Å². The van der Waals surface area contributed by atoms with Gasteiger partial charge in [-0.05, 0) is 49.1 Å². The van der Waals surface area contributed by atoms with Crippen LogP contribution in [-0.2, 0) is 11.2 Å². The molecular weight excluding hydrogens is 330 g/mol. The van der Waals surface area contributed by atoms with Gasteiger partial charge in [0.2, 0.25) is 12.7 Å². The zero-order chi connectivity index (χ0) is 17.8. The van der Waals surface area contributed by atoms with E-state index in [1.165, 1.54) is 0 Å². The molecule has 2 aromatic rings. The minimum atomic E-state index is 0.0700. The van der Waals surface area contributed by atoms with Gasteiger partial charge in [-0.15, -0.1) is 0 Å². The van der Waals surface area contributed by atoms with Gasteiger partial charge in [-0.25, -0.2) is 0 Å². The largest absolute Gasteiger partial charge is 0.489 e. The molecule has 0 radical (unpaired) electrons. The molecule has 4 rings (SSSR count). The average molecular weight is 353 g/mol. The number of aryl methyl sites for hydroxylation is 1. The van der Waals surface area contributed by atoms with Gasteiger partial charge in [-0.2, -0.15) is 0 Å². The van der Waals surface area contributed by atoms with Crippen molar-refractivity contribution in [3.8, 4) is 17.2 Å². The standard InChI is InChI=1S/C21H23NO4/c23-21(11-9-16-8-10-19-20(13-16)25-15-24-19)22-12-4-7-18(14-22)26-17-5-2-1-3-6-17/h1-3,5-6,8,10,13,18H,4,7,9,11-12,14-15H2. The Hall–Kier alpha value is -2.69. The summed E-state index contributed by atoms with van der Waals surface area (Å²) in [7, 11) is 0. The number of likely N-dealkylation sites (tertiary alicyclic amines) is 1. The number of carbonyl (C=O) groups excluding carboxylic acids is 1. The van der Waals surface area contributed by atoms with Crippen LogP contribution in [0.5, 0.6) is 17.2 Å². The molecule has 1 unspecified atom stereocenters. The second kappa shape index (κ2) is 7.68. The van der Waals surface area contributed by atoms with Gasteiger partial charge in [-0.3, -0.25) is 4.79 Å². The van der Waals surface area contributed by atoms with Crippen molar-refractivity contribution in [2.75, 3.05) is 19.9 Å². The minimum absolute atomic E-state index is 0.0700. The van der Waals surface area contributed by atoms with Gasteiger partial charge in [0.05, 0.1) is 6.54 Å². The highest BCUT2D eigenvalue weighted by molar-refractivity contribution is 5.76. The van der Waals surface area contributed by atoms with Crippen LogP contribution >= 0.6 is 0 Å². The molecule has 0 aliphatic carbocycles. The van der Waals surface area contributed by atoms with Gasteiger partial charge < -0.3 is 19.1 Å². The summed E-state index contributed by atoms with van der Waals surface area (Å²) in [5, 5.41) is 0. The molecule has 2 aliphatic rings. The third-order valence-electron chi connectivity index (χ3n) is 4.84. The van der Waals surface area contributed by atoms with Crippen molar-refractivity contribution < 1.29 is 19.0 Å². The second-order valence-electron chi connectivity index (χ2n) is 6.72. The third kappa shape index (κ3) is 3.93. The van der Waals surface area contributed by atoms with Crippen molar-refractivity contribution in [1.29, 1.82) is 0 Å². The molecule has 1 atom stereocenters. The Morgan fingerprint density at radius 3 is 2.85 bits per heavy atom. The molecule has 0 aromatic heterocycles. The highest BCUT2D eigenvalue weighted by atomic mass is 16.7. The molecule has 5 nitrogen and oxygen atoms in total. The Morgan fingerprint density at radius 2 is 1.96 bits per heavy atom. The molecule has 1 saturated heterocycles. The van der Waals surface area contributed by atoms with E-state index in [0.717, 1.165) is 42.2 Å². The van der Waals surface area contributed by atoms with Crippen LogP contribution in [0.1, 0.15) is 24.8 Å². The summed E-state index contributed by atoms with van der Waals surface area (Å²) in [4.78, 5) is 14.6. The molecule has 0 spiro atoms. The molecule has 0 saturated carbocycles. The zero-order valence-electron chi connectivity index (χ0n) is 14.7. The maximum absolute atomic E-state index is 12.6. The predicted molar refractivity (Wildman–Crippen MR) is 97.6 cm³/mol. The summed E-state index contributed by atoms with van der Waals surface area (Å²) in [6.07, 6.45) is 3.24. The first-order chi connectivity index (χ1) is 12.8. The third-order valence-corrected chi connectivity index (χ3v) is 4.84. The smallest absolute Gasteiger partial charge is 0.231 e. The number of hydrogen-bond acceptors (Lipinski definition) is 4. The lowest BCUT2D eigenvalue weighted by atomic mass is 10.1. The average Bonchev–Trinajstić information content (AvgIpc) is 3.15. The van der Waals surface area contributed by atoms with Crippen LogP contribution in [0.3, 0.4) is 0 Å². The maximum atomic E-state index is 12.6. The highest BCUT2D eigenvalue weighted by Crippen LogP contribution is 2.32. The van der Waals surface area contributed by atoms with Crippen LogP contribution in [0.15, 0.2) is 48.5 Å². The van der Waals surface area contributed by atoms with Crippen LogP contribution in [0.25, 0.3) is 0 Å². The fourth-order valence-corrected chi connectivity index (χ4v) is 3.46. The van der Waals surface area contributed by atoms with Crippen LogP contribution in [0, 0.1) is 0 Å². The summed E-state index contributed by atoms with van der Waals surface area (Å²) >= 11 is 0. The van der Waals surface area contributed by atoms with E-state index in [4.69, 9.17) is 14.2 Å². The Morgan fingerprint density at radius 1 is 1.12 bits per heavy atom. The predicted octanol–water partition coefficient (Wildman–Crippen LogP) is 3.42. The number of carbonyl (C=O) groups is 1. The van der Waals surface area contributed by atoms with Crippen molar-refractivity contribution in [2.24, 2.45) is 0 Å². The summed E-state index contributed by atoms with van der Waals surface area (Å²) in [5.41, 5.74) is 1.09. The van der Waals surface area contributed by atoms with Crippen molar-refractivity contribution in [2.45, 2.75) is 31.8 Å². The normalized spacial score (nSPS) is 18.6. The number of para-hydroxylation sites is 1. The van der Waals surface area contributed by atoms with Gasteiger partial charge in [0, 0.05) is 13.0 Å². The SMILES string of the molecule is O=C(CCc1ccc2c(c1)OCO2)N1CCCC(Oc2ccccc2)C1. The van der Waals surface area contributed by atoms with Crippen molar-refractivity contribution >= 4 is 5.91 Å². The summed E-state index contributed by atoms with van der Waals surface area (Å²) in [6.45, 7) is 1.75. The Labute approximate surface area is 153 Å². The molecule has 0 N–H and O–H groups in total. The van der Waals surface area contributed by atoms with Gasteiger partial charge in [0.15, 0.2) is 11.5 Å². The first-order valence-electron chi connectivity index (χ1n) is 9.16. The van der Waals surface area contributed by atoms with Gasteiger partial charge >= 0.3 is 0 Å². The number of rotatable bonds is 5. The van der Waals surface area contributed by atoms with E-state index >= 15 is 0 Å². The number of hydrogen-bond donors (Lipinski definition) is 0. The van der Waals surface area contributed by atoms with Crippen molar-refractivity contribution in [3.63, 3.8) is 0 Å². The lowest BCUT2D eigenvalue weighted by molar-refractivity contribution is -0.133. The Bertz CT molecular complexity index is 762. The summed E-state index contributed by atoms with van der Waals surface area (Å²) in [6, 6.07) is 15.7. The van der Waals surface area contributed by atoms with Crippen LogP contribution < -0.4 is 14.2 Å². The lowest BCUT2D eigenvalue weighted by Crippen LogP contribution is -2.44. The first kappa shape index (κ1) is 16.8. The number of ether oxygens (including phenoxy) is 3. The fourth-order valence-electron chi connectivity index (χ4n) is 3.46. The zero-order valence-corrected chi connectivity index (χ0v) is 14.7. The molecule has 136 valence electrons. The van der Waals surface area contributed by atoms with Crippen LogP contribution in [0.4, 0.5) is 0 Å². The topological polar surface area (TPSA) is 48.0 Å². The Kier molecular flexibility index (Phi) is 4.95. The molecule has 2 aromatic carbocycles. The van der Waals surface area contributed by atoms with Crippen molar-refractivity contribution in [1.82, 2.24) is 4.90 Å². The van der Waals surface area contributed by atoms with E-state index in [2.05, 4.69) is 0 Å². The molecule has 2 heterocycles. The van der Waals surface area contributed by atoms with Crippen LogP contribution in [0.2, 0.25) is 0 Å². The quantitative estimate of drug-likeness (QED) is 0.826. The van der Waals surface area contributed by atoms with Gasteiger partial charge in [0.25, 0.3) is 0 Å². The van der Waals surface area contributed by atoms with E-state index in [9.17, 15) is 4.79 Å². The second-order valence-corrected chi connectivity index (χ2v) is 6.72. The van der Waals surface area contributed by atoms with Gasteiger partial charge in [0.1, 0.15) is 11.9 Å². The molecule has 2 aliphatic heterocycles. The van der Waals surface area contributed by atoms with E-state index in [1.807, 2.05) is 53.4 Å². The number of piperidine rings is 1. The lowest BCUT2D eigenvalue weighted by Gasteiger charge is -2.33. The number of nitrogens with zero attached hydrogens (tertiary/aromatic N) is 1. The summed E-state index contributed by atoms with van der Waals surface area (Å²) < 4.78 is 16.7. The number of amides is 1. The Balaban J connectivity index is 1.30. The van der Waals surface area contributed by atoms with Gasteiger partial charge in [-0.1, -0.05) is 24.3 Å². The van der Waals surface area contributed by atoms with E-state index in [-0.39, 0.29) is 18.8 Å². The molecule has 26 heavy (non-hydrogen) atoms. The van der Waals surface area contributed by atoms with Crippen molar-refractivity contribution in [3.05, 3.63) is 54.1 Å². The monoisotopic (exact) mass is 353 g/mol. The molecule has 5 heteroatoms. The molecule has 0 bridgehead atoms. The number of benzene rings is 2. The maximum Gasteiger partial charge on any atom is 0.231 e. The summed E-state index contributed by atoms with van der Waals surface area (Å²) in [5.74, 6) is 2.59. The van der Waals surface area contributed by atoms with E-state index in [1.54, 1.807) is 0 Å². The molecular formula is C21H23NO4. The first-order valence-corrected chi connectivity index (χ1v) is 9.16. The van der Waals surface area contributed by atoms with Crippen LogP contribution in [-0.4, -0.2) is 36.8 Å². The molecule has 1 amide bonds. The molecule has 1 fully saturated rings. The fraction of sp³-hybridized carbons (Fsp3) is 0.381. The highest BCUT2D eigenvalue weighted by Gasteiger charge is 2.24. The minimum Gasteiger partial charge on any atom is -0.489 e. The van der Waals surface area contributed by atoms with E-state index < -0.39 is 0 Å².